The molecular weight excluding hydrogens is 228 g/mol. The predicted octanol–water partition coefficient (Wildman–Crippen LogP) is 1.06. The van der Waals surface area contributed by atoms with E-state index in [1.54, 1.807) is 10.9 Å². The molecule has 0 saturated carbocycles. The number of nitrogens with one attached hydrogen (secondary N) is 1. The van der Waals surface area contributed by atoms with Gasteiger partial charge in [0.25, 0.3) is 0 Å². The maximum absolute atomic E-state index is 5.69. The van der Waals surface area contributed by atoms with Crippen LogP contribution in [0.2, 0.25) is 5.28 Å². The normalized spacial score (nSPS) is 10.4. The lowest BCUT2D eigenvalue weighted by atomic mass is 10.3. The number of halogens is 1. The Morgan fingerprint density at radius 3 is 3.00 bits per heavy atom. The molecule has 16 heavy (non-hydrogen) atoms. The molecule has 0 fully saturated rings. The van der Waals surface area contributed by atoms with E-state index in [1.807, 2.05) is 13.2 Å². The first kappa shape index (κ1) is 10.7. The second-order valence-electron chi connectivity index (χ2n) is 3.32. The van der Waals surface area contributed by atoms with Gasteiger partial charge in [0.1, 0.15) is 0 Å². The number of hydrogen-bond acceptors (Lipinski definition) is 5. The number of nitrogen functional groups attached to an aromatic ring is 1. The second-order valence-corrected chi connectivity index (χ2v) is 3.66. The average Bonchev–Trinajstić information content (AvgIpc) is 2.66. The van der Waals surface area contributed by atoms with Gasteiger partial charge in [-0.1, -0.05) is 0 Å². The molecule has 0 radical (unpaired) electrons. The average molecular weight is 239 g/mol. The molecule has 0 amide bonds. The molecule has 6 nitrogen and oxygen atoms in total. The van der Waals surface area contributed by atoms with Gasteiger partial charge < -0.3 is 11.1 Å². The van der Waals surface area contributed by atoms with E-state index in [9.17, 15) is 0 Å². The van der Waals surface area contributed by atoms with Crippen LogP contribution >= 0.6 is 11.6 Å². The van der Waals surface area contributed by atoms with Gasteiger partial charge in [0.15, 0.2) is 5.82 Å². The zero-order valence-electron chi connectivity index (χ0n) is 8.68. The lowest BCUT2D eigenvalue weighted by Gasteiger charge is -2.06. The summed E-state index contributed by atoms with van der Waals surface area (Å²) in [5.41, 5.74) is 7.20. The highest BCUT2D eigenvalue weighted by Crippen LogP contribution is 2.16. The van der Waals surface area contributed by atoms with Crippen LogP contribution in [0.4, 0.5) is 11.5 Å². The lowest BCUT2D eigenvalue weighted by molar-refractivity contribution is 0.767. The number of hydrogen-bond donors (Lipinski definition) is 2. The number of aryl methyl sites for hydroxylation is 1. The Morgan fingerprint density at radius 2 is 2.31 bits per heavy atom. The fourth-order valence-electron chi connectivity index (χ4n) is 1.26. The summed E-state index contributed by atoms with van der Waals surface area (Å²) in [7, 11) is 1.86. The van der Waals surface area contributed by atoms with E-state index < -0.39 is 0 Å². The minimum absolute atomic E-state index is 0.169. The van der Waals surface area contributed by atoms with Crippen molar-refractivity contribution in [2.75, 3.05) is 11.1 Å². The van der Waals surface area contributed by atoms with Crippen molar-refractivity contribution in [1.29, 1.82) is 0 Å². The number of nitrogens with two attached hydrogens (primary N) is 1. The van der Waals surface area contributed by atoms with Crippen LogP contribution in [0.5, 0.6) is 0 Å². The van der Waals surface area contributed by atoms with Crippen molar-refractivity contribution in [3.8, 4) is 0 Å². The molecule has 7 heteroatoms. The summed E-state index contributed by atoms with van der Waals surface area (Å²) in [6, 6.07) is 0. The van der Waals surface area contributed by atoms with Gasteiger partial charge in [0.05, 0.1) is 18.1 Å². The largest absolute Gasteiger partial charge is 0.394 e. The molecule has 0 spiro atoms. The third-order valence-corrected chi connectivity index (χ3v) is 2.19. The van der Waals surface area contributed by atoms with Crippen molar-refractivity contribution in [2.24, 2.45) is 7.05 Å². The third-order valence-electron chi connectivity index (χ3n) is 2.01. The zero-order chi connectivity index (χ0) is 11.5. The molecule has 2 rings (SSSR count). The van der Waals surface area contributed by atoms with Crippen molar-refractivity contribution in [2.45, 2.75) is 6.54 Å². The molecule has 0 atom stereocenters. The van der Waals surface area contributed by atoms with Gasteiger partial charge in [0.2, 0.25) is 5.28 Å². The van der Waals surface area contributed by atoms with Crippen molar-refractivity contribution < 1.29 is 0 Å². The summed E-state index contributed by atoms with van der Waals surface area (Å²) in [5, 5.41) is 7.29. The van der Waals surface area contributed by atoms with Crippen LogP contribution < -0.4 is 11.1 Å². The first-order valence-corrected chi connectivity index (χ1v) is 5.02. The van der Waals surface area contributed by atoms with E-state index in [0.717, 1.165) is 5.56 Å². The van der Waals surface area contributed by atoms with Gasteiger partial charge in [0, 0.05) is 25.4 Å². The third kappa shape index (κ3) is 2.40. The van der Waals surface area contributed by atoms with E-state index in [2.05, 4.69) is 20.4 Å². The Balaban J connectivity index is 2.07. The fraction of sp³-hybridized carbons (Fsp3) is 0.222. The van der Waals surface area contributed by atoms with Crippen LogP contribution in [0.25, 0.3) is 0 Å². The molecule has 0 unspecified atom stereocenters. The molecule has 2 aromatic heterocycles. The highest BCUT2D eigenvalue weighted by Gasteiger charge is 2.03. The van der Waals surface area contributed by atoms with Crippen molar-refractivity contribution >= 4 is 23.1 Å². The number of rotatable bonds is 3. The summed E-state index contributed by atoms with van der Waals surface area (Å²) in [6.45, 7) is 0.589. The van der Waals surface area contributed by atoms with Crippen LogP contribution in [-0.4, -0.2) is 19.7 Å². The van der Waals surface area contributed by atoms with Gasteiger partial charge in [-0.25, -0.2) is 4.98 Å². The van der Waals surface area contributed by atoms with E-state index in [-0.39, 0.29) is 5.28 Å². The van der Waals surface area contributed by atoms with Crippen LogP contribution in [-0.2, 0) is 13.6 Å². The molecular formula is C9H11ClN6. The van der Waals surface area contributed by atoms with Crippen LogP contribution in [0.1, 0.15) is 5.56 Å². The molecule has 2 aromatic rings. The smallest absolute Gasteiger partial charge is 0.224 e. The fourth-order valence-corrected chi connectivity index (χ4v) is 1.39. The predicted molar refractivity (Wildman–Crippen MR) is 62.0 cm³/mol. The molecule has 0 aliphatic rings. The van der Waals surface area contributed by atoms with Gasteiger partial charge in [-0.3, -0.25) is 4.68 Å². The standard InChI is InChI=1S/C9H11ClN6/c1-16-5-6(3-14-16)2-12-8-7(11)4-13-9(10)15-8/h3-5H,2,11H2,1H3,(H,12,13,15). The first-order chi connectivity index (χ1) is 7.65. The first-order valence-electron chi connectivity index (χ1n) is 4.64. The van der Waals surface area contributed by atoms with E-state index in [0.29, 0.717) is 18.1 Å². The molecule has 0 bridgehead atoms. The Labute approximate surface area is 97.5 Å². The molecule has 2 heterocycles. The summed E-state index contributed by atoms with van der Waals surface area (Å²) < 4.78 is 1.73. The molecule has 0 aromatic carbocycles. The number of aromatic nitrogens is 4. The lowest BCUT2D eigenvalue weighted by Crippen LogP contribution is -2.05. The van der Waals surface area contributed by atoms with Crippen molar-refractivity contribution in [3.63, 3.8) is 0 Å². The van der Waals surface area contributed by atoms with E-state index in [4.69, 9.17) is 17.3 Å². The van der Waals surface area contributed by atoms with Gasteiger partial charge in [-0.2, -0.15) is 10.1 Å². The molecule has 0 aliphatic carbocycles. The second kappa shape index (κ2) is 4.36. The monoisotopic (exact) mass is 238 g/mol. The Kier molecular flexibility index (Phi) is 2.91. The van der Waals surface area contributed by atoms with Crippen molar-refractivity contribution in [3.05, 3.63) is 29.4 Å². The Morgan fingerprint density at radius 1 is 1.50 bits per heavy atom. The summed E-state index contributed by atoms with van der Waals surface area (Å²) in [5.74, 6) is 0.531. The molecule has 0 aliphatic heterocycles. The maximum Gasteiger partial charge on any atom is 0.224 e. The SMILES string of the molecule is Cn1cc(CNc2nc(Cl)ncc2N)cn1. The van der Waals surface area contributed by atoms with E-state index >= 15 is 0 Å². The van der Waals surface area contributed by atoms with Crippen LogP contribution in [0.15, 0.2) is 18.6 Å². The highest BCUT2D eigenvalue weighted by molar-refractivity contribution is 6.28. The minimum Gasteiger partial charge on any atom is -0.394 e. The maximum atomic E-state index is 5.69. The summed E-state index contributed by atoms with van der Waals surface area (Å²) in [4.78, 5) is 7.76. The minimum atomic E-state index is 0.169. The quantitative estimate of drug-likeness (QED) is 0.782. The van der Waals surface area contributed by atoms with E-state index in [1.165, 1.54) is 6.20 Å². The Hall–Kier alpha value is -1.82. The molecule has 0 saturated heterocycles. The van der Waals surface area contributed by atoms with Crippen LogP contribution in [0.3, 0.4) is 0 Å². The topological polar surface area (TPSA) is 81.7 Å². The van der Waals surface area contributed by atoms with Gasteiger partial charge >= 0.3 is 0 Å². The number of nitrogens with zero attached hydrogens (tertiary/aromatic N) is 4. The van der Waals surface area contributed by atoms with Crippen LogP contribution in [0, 0.1) is 0 Å². The summed E-state index contributed by atoms with van der Waals surface area (Å²) >= 11 is 5.67. The summed E-state index contributed by atoms with van der Waals surface area (Å²) in [6.07, 6.45) is 5.15. The van der Waals surface area contributed by atoms with Gasteiger partial charge in [-0.05, 0) is 11.6 Å². The highest BCUT2D eigenvalue weighted by atomic mass is 35.5. The van der Waals surface area contributed by atoms with Gasteiger partial charge in [-0.15, -0.1) is 0 Å². The van der Waals surface area contributed by atoms with Crippen molar-refractivity contribution in [1.82, 2.24) is 19.7 Å². The molecule has 3 N–H and O–H groups in total. The molecule has 84 valence electrons. The zero-order valence-corrected chi connectivity index (χ0v) is 9.44. The number of anilines is 2. The Bertz CT molecular complexity index is 494.